The van der Waals surface area contributed by atoms with Gasteiger partial charge in [0.25, 0.3) is 0 Å². The summed E-state index contributed by atoms with van der Waals surface area (Å²) in [6.45, 7) is 6.22. The van der Waals surface area contributed by atoms with E-state index in [1.165, 1.54) is 54.2 Å². The molecule has 0 spiro atoms. The largest absolute Gasteiger partial charge is 3.00 e. The molecule has 3 nitrogen and oxygen atoms in total. The summed E-state index contributed by atoms with van der Waals surface area (Å²) in [5.41, 5.74) is 8.17. The van der Waals surface area contributed by atoms with Crippen LogP contribution in [0.25, 0.3) is 98.0 Å². The van der Waals surface area contributed by atoms with E-state index in [1.54, 1.807) is 0 Å². The second kappa shape index (κ2) is 14.8. The van der Waals surface area contributed by atoms with Gasteiger partial charge in [0, 0.05) is 23.2 Å². The van der Waals surface area contributed by atoms with E-state index >= 15 is 0 Å². The molecule has 0 aliphatic rings. The van der Waals surface area contributed by atoms with E-state index in [9.17, 15) is 0 Å². The first-order valence-corrected chi connectivity index (χ1v) is 18.3. The molecule has 4 heterocycles. The zero-order valence-electron chi connectivity index (χ0n) is 31.6. The normalized spacial score (nSPS) is 11.2. The zero-order valence-corrected chi connectivity index (χ0v) is 34.0. The summed E-state index contributed by atoms with van der Waals surface area (Å²) in [6, 6.07) is 56.4. The maximum Gasteiger partial charge on any atom is 3.00 e. The van der Waals surface area contributed by atoms with E-state index in [4.69, 9.17) is 9.40 Å². The molecule has 0 aliphatic carbocycles. The van der Waals surface area contributed by atoms with Crippen molar-refractivity contribution in [3.05, 3.63) is 188 Å². The molecular weight excluding hydrogens is 861 g/mol. The van der Waals surface area contributed by atoms with Crippen LogP contribution in [0.1, 0.15) is 16.7 Å². The third kappa shape index (κ3) is 6.41. The number of hydrogen-bond acceptors (Lipinski definition) is 3. The maximum atomic E-state index is 6.82. The SMILES string of the molecule is Cc1c[c-]c(-c2ccc(C)cn2)cc1.Cc1cnc2cc1c1cccc(c1)c1cccc(c1)c1ccc3ccc4ccc5c6cc[c-]c2c6oc5c4c3c1.[CH3-].[Ir+3]. The Morgan fingerprint density at radius 3 is 1.89 bits per heavy atom. The van der Waals surface area contributed by atoms with E-state index in [0.717, 1.165) is 60.4 Å². The Kier molecular flexibility index (Phi) is 9.72. The molecule has 0 atom stereocenters. The zero-order chi connectivity index (χ0) is 36.3. The van der Waals surface area contributed by atoms with E-state index in [-0.39, 0.29) is 27.5 Å². The van der Waals surface area contributed by atoms with Gasteiger partial charge in [0.2, 0.25) is 0 Å². The summed E-state index contributed by atoms with van der Waals surface area (Å²) in [4.78, 5) is 9.21. The van der Waals surface area contributed by atoms with Gasteiger partial charge in [0.1, 0.15) is 5.58 Å². The number of hydrogen-bond donors (Lipinski definition) is 0. The van der Waals surface area contributed by atoms with Gasteiger partial charge in [-0.15, -0.1) is 53.6 Å². The van der Waals surface area contributed by atoms with Gasteiger partial charge >= 0.3 is 20.1 Å². The quantitative estimate of drug-likeness (QED) is 0.122. The molecular formula is C52H37IrN2O. The van der Waals surface area contributed by atoms with Gasteiger partial charge in [0.15, 0.2) is 0 Å². The molecule has 0 saturated carbocycles. The van der Waals surface area contributed by atoms with E-state index in [2.05, 4.69) is 146 Å². The fourth-order valence-corrected chi connectivity index (χ4v) is 7.71. The molecule has 0 aliphatic heterocycles. The first kappa shape index (κ1) is 36.8. The summed E-state index contributed by atoms with van der Waals surface area (Å²) in [6.07, 6.45) is 3.84. The molecule has 10 bridgehead atoms. The third-order valence-electron chi connectivity index (χ3n) is 10.6. The molecule has 7 aromatic carbocycles. The first-order valence-electron chi connectivity index (χ1n) is 18.3. The fraction of sp³-hybridized carbons (Fsp3) is 0.0577. The number of pyridine rings is 2. The van der Waals surface area contributed by atoms with Gasteiger partial charge in [-0.3, -0.25) is 0 Å². The summed E-state index contributed by atoms with van der Waals surface area (Å²) < 4.78 is 6.82. The summed E-state index contributed by atoms with van der Waals surface area (Å²) in [7, 11) is 0. The summed E-state index contributed by atoms with van der Waals surface area (Å²) >= 11 is 0. The van der Waals surface area contributed by atoms with Gasteiger partial charge in [-0.05, 0) is 103 Å². The second-order valence-electron chi connectivity index (χ2n) is 14.3. The smallest absolute Gasteiger partial charge is 0.500 e. The van der Waals surface area contributed by atoms with Crippen molar-refractivity contribution in [3.8, 4) is 11.3 Å². The minimum atomic E-state index is 0. The summed E-state index contributed by atoms with van der Waals surface area (Å²) in [5.74, 6) is 0. The van der Waals surface area contributed by atoms with Crippen LogP contribution < -0.4 is 0 Å². The van der Waals surface area contributed by atoms with Crippen LogP contribution in [-0.2, 0) is 20.1 Å². The predicted molar refractivity (Wildman–Crippen MR) is 233 cm³/mol. The van der Waals surface area contributed by atoms with Crippen LogP contribution in [0.5, 0.6) is 0 Å². The number of fused-ring (bicyclic) bond motifs is 12. The van der Waals surface area contributed by atoms with E-state index in [0.29, 0.717) is 0 Å². The van der Waals surface area contributed by atoms with Gasteiger partial charge in [-0.1, -0.05) is 109 Å². The number of rotatable bonds is 1. The van der Waals surface area contributed by atoms with Crippen molar-refractivity contribution in [1.82, 2.24) is 9.97 Å². The van der Waals surface area contributed by atoms with Gasteiger partial charge in [0.05, 0.1) is 5.58 Å². The van der Waals surface area contributed by atoms with Crippen molar-refractivity contribution >= 4 is 86.7 Å². The Labute approximate surface area is 339 Å². The van der Waals surface area contributed by atoms with Crippen molar-refractivity contribution in [2.45, 2.75) is 20.8 Å². The number of furan rings is 1. The standard InChI is InChI=1S/C38H22NO.C13H12N.CH3.Ir/c1-22-21-39-35-20-33(22)29-8-3-7-27(18-29)25-5-2-6-26(17-25)28-14-12-23-11-13-24-15-16-31-30-9-4-10-32(35)37(30)40-38(31)36(24)34(23)19-28;1-10-3-6-12(7-4-10)13-8-5-11(2)9-14-13;;/h2-9,11-21H,1H3;3-6,8-9H,1-2H3;1H3;/q3*-1;+3. The fourth-order valence-electron chi connectivity index (χ4n) is 7.71. The van der Waals surface area contributed by atoms with Crippen molar-refractivity contribution in [2.24, 2.45) is 0 Å². The average molecular weight is 898 g/mol. The predicted octanol–water partition coefficient (Wildman–Crippen LogP) is 14.2. The Bertz CT molecular complexity index is 3250. The second-order valence-corrected chi connectivity index (χ2v) is 14.3. The van der Waals surface area contributed by atoms with Crippen LogP contribution in [0.3, 0.4) is 0 Å². The van der Waals surface area contributed by atoms with E-state index in [1.807, 2.05) is 43.6 Å². The Hall–Kier alpha value is -6.19. The Morgan fingerprint density at radius 2 is 1.16 bits per heavy atom. The molecule has 270 valence electrons. The van der Waals surface area contributed by atoms with Gasteiger partial charge in [-0.2, -0.15) is 0 Å². The van der Waals surface area contributed by atoms with Crippen LogP contribution in [0.4, 0.5) is 0 Å². The third-order valence-corrected chi connectivity index (χ3v) is 10.6. The molecule has 0 radical (unpaired) electrons. The van der Waals surface area contributed by atoms with Gasteiger partial charge in [-0.25, -0.2) is 0 Å². The van der Waals surface area contributed by atoms with Crippen molar-refractivity contribution < 1.29 is 24.5 Å². The van der Waals surface area contributed by atoms with Crippen LogP contribution in [0.15, 0.2) is 156 Å². The maximum absolute atomic E-state index is 6.82. The number of aryl methyl sites for hydroxylation is 3. The van der Waals surface area contributed by atoms with Crippen molar-refractivity contribution in [3.63, 3.8) is 0 Å². The number of benzene rings is 7. The minimum absolute atomic E-state index is 0. The van der Waals surface area contributed by atoms with Crippen LogP contribution in [0.2, 0.25) is 0 Å². The molecule has 4 heteroatoms. The number of nitrogens with zero attached hydrogens (tertiary/aromatic N) is 2. The summed E-state index contributed by atoms with van der Waals surface area (Å²) in [5, 5.41) is 14.9. The molecule has 0 N–H and O–H groups in total. The van der Waals surface area contributed by atoms with Crippen LogP contribution in [-0.4, -0.2) is 9.97 Å². The number of aromatic nitrogens is 2. The van der Waals surface area contributed by atoms with Gasteiger partial charge < -0.3 is 21.8 Å². The molecule has 0 fully saturated rings. The molecule has 4 aromatic heterocycles. The van der Waals surface area contributed by atoms with Crippen molar-refractivity contribution in [1.29, 1.82) is 0 Å². The van der Waals surface area contributed by atoms with Crippen molar-refractivity contribution in [2.75, 3.05) is 0 Å². The average Bonchev–Trinajstić information content (AvgIpc) is 3.61. The molecule has 0 amide bonds. The Morgan fingerprint density at radius 1 is 0.500 bits per heavy atom. The molecule has 0 saturated heterocycles. The molecule has 0 unspecified atom stereocenters. The first-order chi connectivity index (χ1) is 26.5. The minimum Gasteiger partial charge on any atom is -0.500 e. The molecule has 11 rings (SSSR count). The Balaban J connectivity index is 0.000000235. The topological polar surface area (TPSA) is 38.9 Å². The van der Waals surface area contributed by atoms with E-state index < -0.39 is 0 Å². The molecule has 11 aromatic rings. The van der Waals surface area contributed by atoms with Crippen LogP contribution >= 0.6 is 0 Å². The monoisotopic (exact) mass is 898 g/mol. The van der Waals surface area contributed by atoms with Crippen LogP contribution in [0, 0.1) is 40.3 Å². The molecule has 56 heavy (non-hydrogen) atoms.